The molecule has 16 heavy (non-hydrogen) atoms. The summed E-state index contributed by atoms with van der Waals surface area (Å²) >= 11 is 1.96. The van der Waals surface area contributed by atoms with E-state index in [1.165, 1.54) is 0 Å². The molecule has 0 unspecified atom stereocenters. The van der Waals surface area contributed by atoms with E-state index in [1.807, 2.05) is 11.8 Å². The van der Waals surface area contributed by atoms with Crippen molar-refractivity contribution in [1.82, 2.24) is 10.2 Å². The molecule has 5 heteroatoms. The molecule has 1 aliphatic heterocycles. The van der Waals surface area contributed by atoms with Gasteiger partial charge in [-0.05, 0) is 19.9 Å². The molecule has 4 nitrogen and oxygen atoms in total. The third-order valence-electron chi connectivity index (χ3n) is 2.55. The predicted molar refractivity (Wildman–Crippen MR) is 65.5 cm³/mol. The van der Waals surface area contributed by atoms with Crippen molar-refractivity contribution in [3.8, 4) is 6.07 Å². The van der Waals surface area contributed by atoms with Gasteiger partial charge in [0.15, 0.2) is 5.82 Å². The summed E-state index contributed by atoms with van der Waals surface area (Å²) < 4.78 is 0.211. The summed E-state index contributed by atoms with van der Waals surface area (Å²) in [5, 5.41) is 17.0. The van der Waals surface area contributed by atoms with Gasteiger partial charge in [0.1, 0.15) is 6.07 Å². The summed E-state index contributed by atoms with van der Waals surface area (Å²) in [5.74, 6) is 1.78. The van der Waals surface area contributed by atoms with Gasteiger partial charge in [-0.3, -0.25) is 0 Å². The number of hydrogen-bond acceptors (Lipinski definition) is 5. The highest BCUT2D eigenvalue weighted by Crippen LogP contribution is 2.32. The first-order chi connectivity index (χ1) is 7.62. The minimum Gasteiger partial charge on any atom is -0.352 e. The van der Waals surface area contributed by atoms with Gasteiger partial charge in [-0.25, -0.2) is 0 Å². The van der Waals surface area contributed by atoms with Crippen molar-refractivity contribution in [2.75, 3.05) is 23.7 Å². The van der Waals surface area contributed by atoms with Gasteiger partial charge < -0.3 is 4.90 Å². The maximum Gasteiger partial charge on any atom is 0.169 e. The lowest BCUT2D eigenvalue weighted by Crippen LogP contribution is -2.43. The molecule has 0 aliphatic carbocycles. The summed E-state index contributed by atoms with van der Waals surface area (Å²) in [6.45, 7) is 6.27. The van der Waals surface area contributed by atoms with Crippen LogP contribution in [0.1, 0.15) is 19.4 Å². The average Bonchev–Trinajstić information content (AvgIpc) is 2.27. The van der Waals surface area contributed by atoms with Crippen molar-refractivity contribution < 1.29 is 0 Å². The molecule has 1 aromatic rings. The molecule has 0 aromatic carbocycles. The highest BCUT2D eigenvalue weighted by atomic mass is 32.2. The van der Waals surface area contributed by atoms with Crippen molar-refractivity contribution in [3.05, 3.63) is 17.8 Å². The van der Waals surface area contributed by atoms with Crippen LogP contribution in [0.4, 0.5) is 5.82 Å². The number of rotatable bonds is 1. The number of nitrogens with zero attached hydrogens (tertiary/aromatic N) is 4. The zero-order valence-electron chi connectivity index (χ0n) is 9.47. The highest BCUT2D eigenvalue weighted by Gasteiger charge is 2.28. The van der Waals surface area contributed by atoms with Gasteiger partial charge in [0.25, 0.3) is 0 Å². The molecule has 0 atom stereocenters. The predicted octanol–water partition coefficient (Wildman–Crippen LogP) is 1.68. The molecule has 0 N–H and O–H groups in total. The number of thioether (sulfide) groups is 1. The lowest BCUT2D eigenvalue weighted by molar-refractivity contribution is 0.638. The Hall–Kier alpha value is -1.28. The van der Waals surface area contributed by atoms with E-state index in [2.05, 4.69) is 35.0 Å². The molecule has 1 saturated heterocycles. The van der Waals surface area contributed by atoms with Crippen molar-refractivity contribution in [1.29, 1.82) is 5.26 Å². The number of nitriles is 1. The van der Waals surface area contributed by atoms with Crippen molar-refractivity contribution >= 4 is 17.6 Å². The average molecular weight is 234 g/mol. The molecule has 1 aromatic heterocycles. The van der Waals surface area contributed by atoms with Crippen LogP contribution in [0.15, 0.2) is 12.3 Å². The standard InChI is InChI=1S/C11H14N4S/c1-11(2)8-15(5-6-16-11)10-9(7-12)3-4-13-14-10/h3-4H,5-6,8H2,1-2H3. The number of hydrogen-bond donors (Lipinski definition) is 0. The van der Waals surface area contributed by atoms with Crippen LogP contribution in [0.5, 0.6) is 0 Å². The summed E-state index contributed by atoms with van der Waals surface area (Å²) in [5.41, 5.74) is 0.609. The topological polar surface area (TPSA) is 52.8 Å². The number of anilines is 1. The fraction of sp³-hybridized carbons (Fsp3) is 0.545. The second-order valence-electron chi connectivity index (χ2n) is 4.41. The van der Waals surface area contributed by atoms with Gasteiger partial charge >= 0.3 is 0 Å². The smallest absolute Gasteiger partial charge is 0.169 e. The molecular weight excluding hydrogens is 220 g/mol. The summed E-state index contributed by atoms with van der Waals surface area (Å²) in [4.78, 5) is 2.15. The summed E-state index contributed by atoms with van der Waals surface area (Å²) in [7, 11) is 0. The largest absolute Gasteiger partial charge is 0.352 e. The first-order valence-corrected chi connectivity index (χ1v) is 6.22. The van der Waals surface area contributed by atoms with Gasteiger partial charge in [-0.15, -0.1) is 5.10 Å². The fourth-order valence-corrected chi connectivity index (χ4v) is 2.95. The van der Waals surface area contributed by atoms with Gasteiger partial charge in [0.05, 0.1) is 11.8 Å². The first-order valence-electron chi connectivity index (χ1n) is 5.23. The molecule has 0 radical (unpaired) electrons. The summed E-state index contributed by atoms with van der Waals surface area (Å²) in [6, 6.07) is 3.89. The second kappa shape index (κ2) is 4.30. The van der Waals surface area contributed by atoms with Gasteiger partial charge in [-0.2, -0.15) is 22.1 Å². The lowest BCUT2D eigenvalue weighted by atomic mass is 10.1. The number of aromatic nitrogens is 2. The maximum atomic E-state index is 9.03. The fourth-order valence-electron chi connectivity index (χ4n) is 1.84. The van der Waals surface area contributed by atoms with E-state index in [1.54, 1.807) is 12.3 Å². The van der Waals surface area contributed by atoms with E-state index in [-0.39, 0.29) is 4.75 Å². The zero-order valence-corrected chi connectivity index (χ0v) is 10.3. The second-order valence-corrected chi connectivity index (χ2v) is 6.21. The minimum absolute atomic E-state index is 0.211. The Morgan fingerprint density at radius 2 is 2.38 bits per heavy atom. The Morgan fingerprint density at radius 3 is 3.06 bits per heavy atom. The van der Waals surface area contributed by atoms with Crippen LogP contribution in [0.25, 0.3) is 0 Å². The van der Waals surface area contributed by atoms with Crippen LogP contribution in [0.2, 0.25) is 0 Å². The van der Waals surface area contributed by atoms with Crippen LogP contribution in [0, 0.1) is 11.3 Å². The Bertz CT molecular complexity index is 424. The molecule has 0 bridgehead atoms. The quantitative estimate of drug-likeness (QED) is 0.740. The molecule has 2 heterocycles. The first kappa shape index (κ1) is 11.2. The van der Waals surface area contributed by atoms with Crippen LogP contribution in [0.3, 0.4) is 0 Å². The van der Waals surface area contributed by atoms with Gasteiger partial charge in [0, 0.05) is 23.6 Å². The van der Waals surface area contributed by atoms with Gasteiger partial charge in [0.2, 0.25) is 0 Å². The van der Waals surface area contributed by atoms with E-state index in [0.717, 1.165) is 24.7 Å². The third-order valence-corrected chi connectivity index (χ3v) is 3.84. The highest BCUT2D eigenvalue weighted by molar-refractivity contribution is 8.00. The third kappa shape index (κ3) is 2.27. The molecule has 2 rings (SSSR count). The molecule has 1 aliphatic rings. The van der Waals surface area contributed by atoms with Crippen molar-refractivity contribution in [2.45, 2.75) is 18.6 Å². The molecule has 0 spiro atoms. The van der Waals surface area contributed by atoms with Gasteiger partial charge in [-0.1, -0.05) is 0 Å². The van der Waals surface area contributed by atoms with E-state index >= 15 is 0 Å². The van der Waals surface area contributed by atoms with E-state index in [4.69, 9.17) is 5.26 Å². The van der Waals surface area contributed by atoms with Crippen LogP contribution in [-0.2, 0) is 0 Å². The Balaban J connectivity index is 2.27. The zero-order chi connectivity index (χ0) is 11.6. The monoisotopic (exact) mass is 234 g/mol. The van der Waals surface area contributed by atoms with Crippen LogP contribution < -0.4 is 4.90 Å². The Kier molecular flexibility index (Phi) is 3.01. The van der Waals surface area contributed by atoms with E-state index in [9.17, 15) is 0 Å². The van der Waals surface area contributed by atoms with Crippen molar-refractivity contribution in [2.24, 2.45) is 0 Å². The molecule has 0 saturated carbocycles. The normalized spacial score (nSPS) is 19.2. The minimum atomic E-state index is 0.211. The maximum absolute atomic E-state index is 9.03. The van der Waals surface area contributed by atoms with E-state index < -0.39 is 0 Å². The Labute approximate surface area is 99.7 Å². The van der Waals surface area contributed by atoms with Crippen LogP contribution >= 0.6 is 11.8 Å². The summed E-state index contributed by atoms with van der Waals surface area (Å²) in [6.07, 6.45) is 1.56. The molecular formula is C11H14N4S. The Morgan fingerprint density at radius 1 is 1.56 bits per heavy atom. The SMILES string of the molecule is CC1(C)CN(c2nnccc2C#N)CCS1. The van der Waals surface area contributed by atoms with Crippen molar-refractivity contribution in [3.63, 3.8) is 0 Å². The van der Waals surface area contributed by atoms with Crippen LogP contribution in [-0.4, -0.2) is 33.8 Å². The lowest BCUT2D eigenvalue weighted by Gasteiger charge is -2.38. The molecule has 84 valence electrons. The van der Waals surface area contributed by atoms with E-state index in [0.29, 0.717) is 5.56 Å². The molecule has 0 amide bonds. The molecule has 1 fully saturated rings.